The molecule has 0 saturated carbocycles. The first kappa shape index (κ1) is 18.1. The van der Waals surface area contributed by atoms with Crippen LogP contribution in [0.25, 0.3) is 0 Å². The maximum atomic E-state index is 11.6. The van der Waals surface area contributed by atoms with Crippen LogP contribution in [0.15, 0.2) is 24.3 Å². The van der Waals surface area contributed by atoms with Crippen molar-refractivity contribution in [3.05, 3.63) is 24.3 Å². The molecule has 0 aromatic rings. The van der Waals surface area contributed by atoms with Gasteiger partial charge in [0.1, 0.15) is 5.78 Å². The number of esters is 2. The molecular weight excluding hydrogens is 260 g/mol. The molecule has 0 fully saturated rings. The molecule has 0 amide bonds. The molecule has 112 valence electrons. The van der Waals surface area contributed by atoms with Gasteiger partial charge in [-0.3, -0.25) is 4.79 Å². The molecule has 0 aromatic heterocycles. The lowest BCUT2D eigenvalue weighted by molar-refractivity contribution is -0.139. The lowest BCUT2D eigenvalue weighted by Crippen LogP contribution is -2.19. The molecule has 0 atom stereocenters. The summed E-state index contributed by atoms with van der Waals surface area (Å²) in [7, 11) is 0. The molecule has 0 aliphatic heterocycles. The molecule has 20 heavy (non-hydrogen) atoms. The van der Waals surface area contributed by atoms with Crippen molar-refractivity contribution in [1.29, 1.82) is 0 Å². The highest BCUT2D eigenvalue weighted by molar-refractivity contribution is 5.91. The van der Waals surface area contributed by atoms with Crippen molar-refractivity contribution >= 4 is 17.7 Å². The summed E-state index contributed by atoms with van der Waals surface area (Å²) in [6, 6.07) is 0. The molecule has 5 nitrogen and oxygen atoms in total. The van der Waals surface area contributed by atoms with Crippen LogP contribution in [0.5, 0.6) is 0 Å². The van der Waals surface area contributed by atoms with Crippen LogP contribution in [0, 0.1) is 5.92 Å². The summed E-state index contributed by atoms with van der Waals surface area (Å²) >= 11 is 0. The fourth-order valence-electron chi connectivity index (χ4n) is 1.59. The van der Waals surface area contributed by atoms with E-state index in [1.54, 1.807) is 13.8 Å². The molecule has 0 unspecified atom stereocenters. The van der Waals surface area contributed by atoms with E-state index in [0.717, 1.165) is 0 Å². The first-order valence-corrected chi connectivity index (χ1v) is 6.53. The Morgan fingerprint density at radius 3 is 1.50 bits per heavy atom. The standard InChI is InChI=1S/C15H22O5/c1-6-19-14(17)10(3)8-13(12(5)16)9-11(4)15(18)20-7-2/h13H,3-4,6-9H2,1-2,5H3. The molecule has 0 heterocycles. The highest BCUT2D eigenvalue weighted by atomic mass is 16.5. The minimum atomic E-state index is -0.527. The van der Waals surface area contributed by atoms with Crippen LogP contribution in [0.4, 0.5) is 0 Å². The van der Waals surface area contributed by atoms with Gasteiger partial charge >= 0.3 is 11.9 Å². The number of ketones is 1. The van der Waals surface area contributed by atoms with Crippen LogP contribution in [-0.4, -0.2) is 30.9 Å². The predicted molar refractivity (Wildman–Crippen MR) is 75.0 cm³/mol. The van der Waals surface area contributed by atoms with E-state index in [1.807, 2.05) is 0 Å². The molecular formula is C15H22O5. The van der Waals surface area contributed by atoms with Gasteiger partial charge in [0.2, 0.25) is 0 Å². The van der Waals surface area contributed by atoms with E-state index in [2.05, 4.69) is 13.2 Å². The number of rotatable bonds is 9. The first-order valence-electron chi connectivity index (χ1n) is 6.53. The van der Waals surface area contributed by atoms with Gasteiger partial charge in [0.15, 0.2) is 0 Å². The number of carbonyl (C=O) groups is 3. The van der Waals surface area contributed by atoms with Crippen LogP contribution < -0.4 is 0 Å². The van der Waals surface area contributed by atoms with Crippen molar-refractivity contribution in [1.82, 2.24) is 0 Å². The van der Waals surface area contributed by atoms with Crippen LogP contribution in [-0.2, 0) is 23.9 Å². The molecule has 0 spiro atoms. The Bertz CT molecular complexity index is 376. The second-order valence-electron chi connectivity index (χ2n) is 4.36. The van der Waals surface area contributed by atoms with Gasteiger partial charge in [-0.05, 0) is 33.6 Å². The molecule has 0 aromatic carbocycles. The average molecular weight is 282 g/mol. The monoisotopic (exact) mass is 282 g/mol. The number of hydrogen-bond acceptors (Lipinski definition) is 5. The van der Waals surface area contributed by atoms with Crippen molar-refractivity contribution < 1.29 is 23.9 Å². The van der Waals surface area contributed by atoms with Gasteiger partial charge in [0.25, 0.3) is 0 Å². The molecule has 0 aliphatic carbocycles. The van der Waals surface area contributed by atoms with Gasteiger partial charge in [0, 0.05) is 17.1 Å². The maximum absolute atomic E-state index is 11.6. The SMILES string of the molecule is C=C(CC(CC(=C)C(=O)OCC)C(C)=O)C(=O)OCC. The van der Waals surface area contributed by atoms with Gasteiger partial charge < -0.3 is 9.47 Å². The zero-order valence-corrected chi connectivity index (χ0v) is 12.4. The summed E-state index contributed by atoms with van der Waals surface area (Å²) < 4.78 is 9.62. The van der Waals surface area contributed by atoms with Gasteiger partial charge in [0.05, 0.1) is 13.2 Å². The summed E-state index contributed by atoms with van der Waals surface area (Å²) in [5.74, 6) is -1.72. The molecule has 0 radical (unpaired) electrons. The Morgan fingerprint density at radius 2 is 1.25 bits per heavy atom. The molecule has 0 N–H and O–H groups in total. The summed E-state index contributed by atoms with van der Waals surface area (Å²) in [5, 5.41) is 0. The minimum absolute atomic E-state index is 0.138. The van der Waals surface area contributed by atoms with E-state index in [-0.39, 0.29) is 43.0 Å². The Balaban J connectivity index is 4.63. The zero-order valence-electron chi connectivity index (χ0n) is 12.4. The van der Waals surface area contributed by atoms with E-state index in [0.29, 0.717) is 0 Å². The highest BCUT2D eigenvalue weighted by Gasteiger charge is 2.22. The normalized spacial score (nSPS) is 10.0. The van der Waals surface area contributed by atoms with E-state index in [1.165, 1.54) is 6.92 Å². The van der Waals surface area contributed by atoms with Crippen LogP contribution in [0.3, 0.4) is 0 Å². The predicted octanol–water partition coefficient (Wildman–Crippen LogP) is 2.21. The van der Waals surface area contributed by atoms with Crippen LogP contribution >= 0.6 is 0 Å². The number of ether oxygens (including phenoxy) is 2. The topological polar surface area (TPSA) is 69.7 Å². The number of Topliss-reactive ketones (excluding diaryl/α,β-unsaturated/α-hetero) is 1. The highest BCUT2D eigenvalue weighted by Crippen LogP contribution is 2.21. The Morgan fingerprint density at radius 1 is 0.900 bits per heavy atom. The maximum Gasteiger partial charge on any atom is 0.333 e. The van der Waals surface area contributed by atoms with Crippen molar-refractivity contribution in [2.75, 3.05) is 13.2 Å². The second kappa shape index (κ2) is 9.07. The van der Waals surface area contributed by atoms with E-state index in [9.17, 15) is 14.4 Å². The lowest BCUT2D eigenvalue weighted by Gasteiger charge is -2.15. The smallest absolute Gasteiger partial charge is 0.333 e. The van der Waals surface area contributed by atoms with Crippen LogP contribution in [0.1, 0.15) is 33.6 Å². The summed E-state index contributed by atoms with van der Waals surface area (Å²) in [4.78, 5) is 34.5. The lowest BCUT2D eigenvalue weighted by atomic mass is 9.90. The van der Waals surface area contributed by atoms with E-state index < -0.39 is 17.9 Å². The third-order valence-corrected chi connectivity index (χ3v) is 2.69. The average Bonchev–Trinajstić information content (AvgIpc) is 2.37. The minimum Gasteiger partial charge on any atom is -0.463 e. The zero-order chi connectivity index (χ0) is 15.7. The van der Waals surface area contributed by atoms with Gasteiger partial charge in [-0.1, -0.05) is 13.2 Å². The molecule has 0 aliphatic rings. The largest absolute Gasteiger partial charge is 0.463 e. The van der Waals surface area contributed by atoms with Crippen molar-refractivity contribution in [2.24, 2.45) is 5.92 Å². The molecule has 0 rings (SSSR count). The van der Waals surface area contributed by atoms with Crippen molar-refractivity contribution in [2.45, 2.75) is 33.6 Å². The van der Waals surface area contributed by atoms with Crippen LogP contribution in [0.2, 0.25) is 0 Å². The Kier molecular flexibility index (Phi) is 8.20. The number of carbonyl (C=O) groups excluding carboxylic acids is 3. The third kappa shape index (κ3) is 6.31. The fourth-order valence-corrected chi connectivity index (χ4v) is 1.59. The summed E-state index contributed by atoms with van der Waals surface area (Å²) in [6.07, 6.45) is 0.291. The van der Waals surface area contributed by atoms with Crippen molar-refractivity contribution in [3.8, 4) is 0 Å². The molecule has 5 heteroatoms. The van der Waals surface area contributed by atoms with E-state index in [4.69, 9.17) is 9.47 Å². The fraction of sp³-hybridized carbons (Fsp3) is 0.533. The quantitative estimate of drug-likeness (QED) is 0.479. The van der Waals surface area contributed by atoms with Gasteiger partial charge in [-0.2, -0.15) is 0 Å². The summed E-state index contributed by atoms with van der Waals surface area (Å²) in [5.41, 5.74) is 0.424. The third-order valence-electron chi connectivity index (χ3n) is 2.69. The molecule has 0 saturated heterocycles. The first-order chi connectivity index (χ1) is 9.33. The molecule has 0 bridgehead atoms. The Labute approximate surface area is 119 Å². The summed E-state index contributed by atoms with van der Waals surface area (Å²) in [6.45, 7) is 12.5. The van der Waals surface area contributed by atoms with E-state index >= 15 is 0 Å². The Hall–Kier alpha value is -1.91. The van der Waals surface area contributed by atoms with Crippen molar-refractivity contribution in [3.63, 3.8) is 0 Å². The van der Waals surface area contributed by atoms with Gasteiger partial charge in [-0.15, -0.1) is 0 Å². The number of hydrogen-bond donors (Lipinski definition) is 0. The van der Waals surface area contributed by atoms with Gasteiger partial charge in [-0.25, -0.2) is 9.59 Å². The second-order valence-corrected chi connectivity index (χ2v) is 4.36.